The van der Waals surface area contributed by atoms with Crippen LogP contribution in [0.2, 0.25) is 0 Å². The van der Waals surface area contributed by atoms with Gasteiger partial charge in [-0.3, -0.25) is 4.98 Å². The second-order valence-electron chi connectivity index (χ2n) is 5.56. The molecule has 1 fully saturated rings. The Bertz CT molecular complexity index is 334. The fraction of sp³-hybridized carbons (Fsp3) is 0.615. The van der Waals surface area contributed by atoms with E-state index in [0.29, 0.717) is 6.42 Å². The first-order valence-corrected chi connectivity index (χ1v) is 5.62. The predicted molar refractivity (Wildman–Crippen MR) is 60.5 cm³/mol. The van der Waals surface area contributed by atoms with Crippen molar-refractivity contribution in [2.24, 2.45) is 5.41 Å². The number of pyridine rings is 1. The largest absolute Gasteiger partial charge is 0.389 e. The van der Waals surface area contributed by atoms with Crippen LogP contribution in [0.25, 0.3) is 0 Å². The maximum Gasteiger partial charge on any atom is 0.0708 e. The first kappa shape index (κ1) is 10.6. The highest BCUT2D eigenvalue weighted by molar-refractivity contribution is 5.09. The van der Waals surface area contributed by atoms with Gasteiger partial charge in [0, 0.05) is 18.3 Å². The highest BCUT2D eigenvalue weighted by Crippen LogP contribution is 2.44. The van der Waals surface area contributed by atoms with Gasteiger partial charge in [0.2, 0.25) is 0 Å². The quantitative estimate of drug-likeness (QED) is 0.805. The summed E-state index contributed by atoms with van der Waals surface area (Å²) in [6, 6.07) is 5.88. The van der Waals surface area contributed by atoms with E-state index in [2.05, 4.69) is 18.8 Å². The Hall–Kier alpha value is -0.890. The van der Waals surface area contributed by atoms with Crippen LogP contribution < -0.4 is 0 Å². The van der Waals surface area contributed by atoms with Crippen molar-refractivity contribution in [3.8, 4) is 0 Å². The zero-order valence-electron chi connectivity index (χ0n) is 9.53. The Labute approximate surface area is 91.4 Å². The van der Waals surface area contributed by atoms with Crippen LogP contribution in [-0.2, 0) is 6.42 Å². The molecule has 2 heteroatoms. The van der Waals surface area contributed by atoms with Crippen molar-refractivity contribution in [3.63, 3.8) is 0 Å². The van der Waals surface area contributed by atoms with Gasteiger partial charge in [-0.15, -0.1) is 0 Å². The monoisotopic (exact) mass is 205 g/mol. The van der Waals surface area contributed by atoms with E-state index in [1.54, 1.807) is 6.20 Å². The lowest BCUT2D eigenvalue weighted by Crippen LogP contribution is -2.29. The van der Waals surface area contributed by atoms with Crippen LogP contribution in [0.3, 0.4) is 0 Å². The summed E-state index contributed by atoms with van der Waals surface area (Å²) in [5, 5.41) is 10.4. The molecule has 2 rings (SSSR count). The molecule has 0 radical (unpaired) electrons. The summed E-state index contributed by atoms with van der Waals surface area (Å²) in [6.45, 7) is 4.45. The van der Waals surface area contributed by atoms with E-state index in [4.69, 9.17) is 0 Å². The van der Waals surface area contributed by atoms with Crippen LogP contribution >= 0.6 is 0 Å². The molecule has 1 unspecified atom stereocenters. The van der Waals surface area contributed by atoms with Gasteiger partial charge in [0.05, 0.1) is 5.60 Å². The van der Waals surface area contributed by atoms with Crippen molar-refractivity contribution < 1.29 is 5.11 Å². The van der Waals surface area contributed by atoms with Gasteiger partial charge in [0.1, 0.15) is 0 Å². The van der Waals surface area contributed by atoms with E-state index < -0.39 is 5.60 Å². The molecule has 0 spiro atoms. The molecule has 1 aliphatic rings. The molecular weight excluding hydrogens is 186 g/mol. The van der Waals surface area contributed by atoms with Gasteiger partial charge in [-0.05, 0) is 36.8 Å². The molecule has 1 aliphatic carbocycles. The number of aromatic nitrogens is 1. The average molecular weight is 205 g/mol. The Morgan fingerprint density at radius 2 is 2.13 bits per heavy atom. The summed E-state index contributed by atoms with van der Waals surface area (Å²) >= 11 is 0. The minimum Gasteiger partial charge on any atom is -0.389 e. The third-order valence-corrected chi connectivity index (χ3v) is 3.31. The Morgan fingerprint density at radius 3 is 2.67 bits per heavy atom. The highest BCUT2D eigenvalue weighted by Gasteiger charge is 2.41. The lowest BCUT2D eigenvalue weighted by molar-refractivity contribution is 0.0370. The van der Waals surface area contributed by atoms with Gasteiger partial charge in [-0.2, -0.15) is 0 Å². The van der Waals surface area contributed by atoms with Crippen LogP contribution in [0.15, 0.2) is 24.4 Å². The van der Waals surface area contributed by atoms with Crippen molar-refractivity contribution >= 4 is 0 Å². The van der Waals surface area contributed by atoms with E-state index in [9.17, 15) is 5.11 Å². The lowest BCUT2D eigenvalue weighted by Gasteiger charge is -2.24. The fourth-order valence-corrected chi connectivity index (χ4v) is 2.63. The number of hydrogen-bond donors (Lipinski definition) is 1. The topological polar surface area (TPSA) is 33.1 Å². The summed E-state index contributed by atoms with van der Waals surface area (Å²) in [6.07, 6.45) is 5.37. The number of rotatable bonds is 2. The molecule has 0 aliphatic heterocycles. The molecule has 15 heavy (non-hydrogen) atoms. The first-order valence-electron chi connectivity index (χ1n) is 5.62. The molecular formula is C13H19NO. The highest BCUT2D eigenvalue weighted by atomic mass is 16.3. The summed E-state index contributed by atoms with van der Waals surface area (Å²) in [5.41, 5.74) is 0.749. The smallest absolute Gasteiger partial charge is 0.0708 e. The maximum atomic E-state index is 10.4. The molecule has 1 aromatic heterocycles. The average Bonchev–Trinajstić information content (AvgIpc) is 2.42. The standard InChI is InChI=1S/C13H19NO/c1-12(2)6-7-13(15,10-12)9-11-5-3-4-8-14-11/h3-5,8,15H,6-7,9-10H2,1-2H3. The van der Waals surface area contributed by atoms with Crippen LogP contribution in [0, 0.1) is 5.41 Å². The van der Waals surface area contributed by atoms with Gasteiger partial charge >= 0.3 is 0 Å². The second-order valence-corrected chi connectivity index (χ2v) is 5.56. The summed E-state index contributed by atoms with van der Waals surface area (Å²) in [7, 11) is 0. The van der Waals surface area contributed by atoms with Crippen LogP contribution in [0.5, 0.6) is 0 Å². The molecule has 0 amide bonds. The van der Waals surface area contributed by atoms with Crippen molar-refractivity contribution in [1.29, 1.82) is 0 Å². The van der Waals surface area contributed by atoms with E-state index in [0.717, 1.165) is 25.0 Å². The van der Waals surface area contributed by atoms with Crippen molar-refractivity contribution in [2.75, 3.05) is 0 Å². The Kier molecular flexibility index (Phi) is 2.55. The van der Waals surface area contributed by atoms with Crippen molar-refractivity contribution in [1.82, 2.24) is 4.98 Å². The fourth-order valence-electron chi connectivity index (χ4n) is 2.63. The second kappa shape index (κ2) is 3.60. The van der Waals surface area contributed by atoms with E-state index in [1.165, 1.54) is 0 Å². The zero-order chi connectivity index (χ0) is 10.9. The summed E-state index contributed by atoms with van der Waals surface area (Å²) < 4.78 is 0. The van der Waals surface area contributed by atoms with Crippen molar-refractivity contribution in [3.05, 3.63) is 30.1 Å². The van der Waals surface area contributed by atoms with E-state index >= 15 is 0 Å². The minimum absolute atomic E-state index is 0.281. The Morgan fingerprint density at radius 1 is 1.33 bits per heavy atom. The number of nitrogens with zero attached hydrogens (tertiary/aromatic N) is 1. The SMILES string of the molecule is CC1(C)CCC(O)(Cc2ccccn2)C1. The molecule has 1 aromatic rings. The van der Waals surface area contributed by atoms with Gasteiger partial charge in [-0.25, -0.2) is 0 Å². The summed E-state index contributed by atoms with van der Waals surface area (Å²) in [5.74, 6) is 0. The number of aliphatic hydroxyl groups is 1. The van der Waals surface area contributed by atoms with Crippen LogP contribution in [0.4, 0.5) is 0 Å². The van der Waals surface area contributed by atoms with E-state index in [1.807, 2.05) is 18.2 Å². The van der Waals surface area contributed by atoms with Crippen LogP contribution in [-0.4, -0.2) is 15.7 Å². The van der Waals surface area contributed by atoms with E-state index in [-0.39, 0.29) is 5.41 Å². The lowest BCUT2D eigenvalue weighted by atomic mass is 9.87. The molecule has 0 bridgehead atoms. The van der Waals surface area contributed by atoms with Gasteiger partial charge in [-0.1, -0.05) is 19.9 Å². The maximum absolute atomic E-state index is 10.4. The third kappa shape index (κ3) is 2.57. The minimum atomic E-state index is -0.530. The van der Waals surface area contributed by atoms with Crippen LogP contribution in [0.1, 0.15) is 38.8 Å². The molecule has 1 heterocycles. The normalized spacial score (nSPS) is 29.3. The molecule has 1 N–H and O–H groups in total. The molecule has 1 saturated carbocycles. The summed E-state index contributed by atoms with van der Waals surface area (Å²) in [4.78, 5) is 4.28. The predicted octanol–water partition coefficient (Wildman–Crippen LogP) is 2.57. The zero-order valence-corrected chi connectivity index (χ0v) is 9.53. The number of hydrogen-bond acceptors (Lipinski definition) is 2. The Balaban J connectivity index is 2.07. The van der Waals surface area contributed by atoms with Crippen molar-refractivity contribution in [2.45, 2.75) is 45.1 Å². The molecule has 1 atom stereocenters. The first-order chi connectivity index (χ1) is 6.99. The molecule has 0 aromatic carbocycles. The van der Waals surface area contributed by atoms with Gasteiger partial charge in [0.25, 0.3) is 0 Å². The van der Waals surface area contributed by atoms with Gasteiger partial charge in [0.15, 0.2) is 0 Å². The molecule has 2 nitrogen and oxygen atoms in total. The third-order valence-electron chi connectivity index (χ3n) is 3.31. The molecule has 82 valence electrons. The van der Waals surface area contributed by atoms with Gasteiger partial charge < -0.3 is 5.11 Å². The molecule has 0 saturated heterocycles.